The summed E-state index contributed by atoms with van der Waals surface area (Å²) in [5, 5.41) is 13.5. The summed E-state index contributed by atoms with van der Waals surface area (Å²) in [7, 11) is 0. The largest absolute Gasteiger partial charge is 0.465 e. The Balaban J connectivity index is 1.98. The van der Waals surface area contributed by atoms with E-state index in [1.165, 1.54) is 0 Å². The quantitative estimate of drug-likeness (QED) is 0.400. The summed E-state index contributed by atoms with van der Waals surface area (Å²) in [6, 6.07) is 7.23. The third-order valence-corrected chi connectivity index (χ3v) is 4.66. The maximum Gasteiger partial charge on any atom is 0.407 e. The van der Waals surface area contributed by atoms with Crippen molar-refractivity contribution in [3.05, 3.63) is 41.7 Å². The van der Waals surface area contributed by atoms with E-state index in [-0.39, 0.29) is 25.0 Å². The highest BCUT2D eigenvalue weighted by atomic mass is 16.6. The lowest BCUT2D eigenvalue weighted by atomic mass is 9.96. The second-order valence-corrected chi connectivity index (χ2v) is 9.36. The molecule has 0 aliphatic heterocycles. The topological polar surface area (TPSA) is 124 Å². The number of nitrogens with one attached hydrogen (secondary N) is 2. The minimum atomic E-state index is -0.852. The molecule has 0 saturated carbocycles. The van der Waals surface area contributed by atoms with E-state index in [0.29, 0.717) is 24.3 Å². The zero-order valence-electron chi connectivity index (χ0n) is 20.8. The molecule has 2 rings (SSSR count). The lowest BCUT2D eigenvalue weighted by molar-refractivity contribution is -0.151. The van der Waals surface area contributed by atoms with Crippen molar-refractivity contribution in [2.45, 2.75) is 66.7 Å². The van der Waals surface area contributed by atoms with Gasteiger partial charge in [-0.05, 0) is 57.7 Å². The number of hydrogen-bond acceptors (Lipinski definition) is 7. The van der Waals surface area contributed by atoms with Crippen LogP contribution in [-0.2, 0) is 32.2 Å². The van der Waals surface area contributed by atoms with Crippen molar-refractivity contribution >= 4 is 23.7 Å². The maximum atomic E-state index is 12.7. The lowest BCUT2D eigenvalue weighted by Gasteiger charge is -2.19. The molecule has 0 radical (unpaired) electrons. The van der Waals surface area contributed by atoms with Crippen LogP contribution in [-0.4, -0.2) is 45.2 Å². The van der Waals surface area contributed by atoms with Crippen molar-refractivity contribution in [3.8, 4) is 0 Å². The molecule has 1 atom stereocenters. The predicted octanol–water partition coefficient (Wildman–Crippen LogP) is 3.52. The van der Waals surface area contributed by atoms with E-state index in [4.69, 9.17) is 9.47 Å². The fourth-order valence-corrected chi connectivity index (χ4v) is 3.15. The van der Waals surface area contributed by atoms with Gasteiger partial charge >= 0.3 is 12.1 Å². The number of ether oxygens (including phenoxy) is 2. The fraction of sp³-hybridized carbons (Fsp3) is 0.542. The molecular weight excluding hydrogens is 438 g/mol. The molecule has 0 spiro atoms. The van der Waals surface area contributed by atoms with E-state index in [0.717, 1.165) is 5.56 Å². The van der Waals surface area contributed by atoms with E-state index < -0.39 is 23.6 Å². The molecule has 10 nitrogen and oxygen atoms in total. The van der Waals surface area contributed by atoms with Gasteiger partial charge in [0.25, 0.3) is 0 Å². The number of carbonyl (C=O) groups excluding carboxylic acids is 3. The Morgan fingerprint density at radius 1 is 1.12 bits per heavy atom. The number of aromatic nitrogens is 3. The molecule has 1 aromatic heterocycles. The molecule has 2 aromatic rings. The van der Waals surface area contributed by atoms with Gasteiger partial charge in [-0.1, -0.05) is 31.2 Å². The van der Waals surface area contributed by atoms with Crippen molar-refractivity contribution < 1.29 is 23.9 Å². The second kappa shape index (κ2) is 12.2. The van der Waals surface area contributed by atoms with Gasteiger partial charge in [-0.3, -0.25) is 9.59 Å². The molecule has 1 heterocycles. The van der Waals surface area contributed by atoms with E-state index in [1.807, 2.05) is 26.0 Å². The first-order valence-electron chi connectivity index (χ1n) is 11.4. The van der Waals surface area contributed by atoms with E-state index in [1.54, 1.807) is 50.7 Å². The molecule has 1 unspecified atom stereocenters. The Labute approximate surface area is 200 Å². The minimum Gasteiger partial charge on any atom is -0.465 e. The molecule has 0 saturated heterocycles. The zero-order valence-corrected chi connectivity index (χ0v) is 20.8. The molecule has 2 N–H and O–H groups in total. The number of esters is 1. The Bertz CT molecular complexity index is 963. The van der Waals surface area contributed by atoms with Crippen LogP contribution < -0.4 is 10.6 Å². The van der Waals surface area contributed by atoms with Gasteiger partial charge in [-0.25, -0.2) is 9.48 Å². The van der Waals surface area contributed by atoms with Gasteiger partial charge in [0.15, 0.2) is 0 Å². The molecule has 1 aromatic carbocycles. The van der Waals surface area contributed by atoms with Crippen molar-refractivity contribution in [3.63, 3.8) is 0 Å². The van der Waals surface area contributed by atoms with Crippen LogP contribution in [0.5, 0.6) is 0 Å². The second-order valence-electron chi connectivity index (χ2n) is 9.36. The van der Waals surface area contributed by atoms with Gasteiger partial charge in [0.2, 0.25) is 5.91 Å². The number of nitrogens with zero attached hydrogens (tertiary/aromatic N) is 3. The smallest absolute Gasteiger partial charge is 0.407 e. The fourth-order valence-electron chi connectivity index (χ4n) is 3.15. The highest BCUT2D eigenvalue weighted by Gasteiger charge is 2.29. The van der Waals surface area contributed by atoms with E-state index in [9.17, 15) is 14.4 Å². The van der Waals surface area contributed by atoms with Gasteiger partial charge < -0.3 is 20.1 Å². The number of amides is 2. The lowest BCUT2D eigenvalue weighted by Crippen LogP contribution is -2.32. The minimum absolute atomic E-state index is 0.171. The molecular formula is C24H35N5O5. The number of anilines is 1. The Kier molecular flexibility index (Phi) is 9.58. The highest BCUT2D eigenvalue weighted by molar-refractivity contribution is 6.04. The van der Waals surface area contributed by atoms with Gasteiger partial charge in [0, 0.05) is 5.69 Å². The monoisotopic (exact) mass is 473 g/mol. The van der Waals surface area contributed by atoms with Crippen LogP contribution >= 0.6 is 0 Å². The van der Waals surface area contributed by atoms with Gasteiger partial charge in [0.05, 0.1) is 31.6 Å². The molecule has 0 fully saturated rings. The average molecular weight is 474 g/mol. The SMILES string of the molecule is CCOC(=O)C(CC(C)C)C(=O)Nc1ccc(Cn2nncc2CNC(=O)OC(C)(C)C)cc1. The normalized spacial score (nSPS) is 12.2. The summed E-state index contributed by atoms with van der Waals surface area (Å²) in [6.45, 7) is 11.9. The number of alkyl carbamates (subject to hydrolysis) is 1. The average Bonchev–Trinajstić information content (AvgIpc) is 3.17. The first kappa shape index (κ1) is 26.8. The van der Waals surface area contributed by atoms with Gasteiger partial charge in [-0.2, -0.15) is 0 Å². The first-order chi connectivity index (χ1) is 16.0. The number of benzene rings is 1. The Morgan fingerprint density at radius 2 is 1.79 bits per heavy atom. The molecule has 0 bridgehead atoms. The predicted molar refractivity (Wildman–Crippen MR) is 127 cm³/mol. The zero-order chi connectivity index (χ0) is 25.3. The summed E-state index contributed by atoms with van der Waals surface area (Å²) in [5.41, 5.74) is 1.64. The van der Waals surface area contributed by atoms with Crippen LogP contribution in [0.15, 0.2) is 30.5 Å². The van der Waals surface area contributed by atoms with Gasteiger partial charge in [0.1, 0.15) is 11.5 Å². The van der Waals surface area contributed by atoms with Crippen molar-refractivity contribution in [2.75, 3.05) is 11.9 Å². The van der Waals surface area contributed by atoms with E-state index >= 15 is 0 Å². The third-order valence-electron chi connectivity index (χ3n) is 4.66. The Hall–Kier alpha value is -3.43. The van der Waals surface area contributed by atoms with E-state index in [2.05, 4.69) is 20.9 Å². The Morgan fingerprint density at radius 3 is 2.38 bits per heavy atom. The third kappa shape index (κ3) is 8.84. The van der Waals surface area contributed by atoms with Crippen LogP contribution in [0.3, 0.4) is 0 Å². The summed E-state index contributed by atoms with van der Waals surface area (Å²) >= 11 is 0. The number of hydrogen-bond donors (Lipinski definition) is 2. The standard InChI is InChI=1S/C24H35N5O5/c1-7-33-22(31)20(12-16(2)3)21(30)27-18-10-8-17(9-11-18)15-29-19(14-26-28-29)13-25-23(32)34-24(4,5)6/h8-11,14,16,20H,7,12-13,15H2,1-6H3,(H,25,32)(H,27,30). The van der Waals surface area contributed by atoms with Crippen LogP contribution in [0.1, 0.15) is 59.2 Å². The molecule has 186 valence electrons. The molecule has 0 aliphatic rings. The highest BCUT2D eigenvalue weighted by Crippen LogP contribution is 2.18. The van der Waals surface area contributed by atoms with Crippen LogP contribution in [0.25, 0.3) is 0 Å². The van der Waals surface area contributed by atoms with Crippen molar-refractivity contribution in [1.29, 1.82) is 0 Å². The molecule has 34 heavy (non-hydrogen) atoms. The van der Waals surface area contributed by atoms with Crippen molar-refractivity contribution in [2.24, 2.45) is 11.8 Å². The van der Waals surface area contributed by atoms with Crippen molar-refractivity contribution in [1.82, 2.24) is 20.3 Å². The number of carbonyl (C=O) groups is 3. The summed E-state index contributed by atoms with van der Waals surface area (Å²) in [6.07, 6.45) is 1.48. The van der Waals surface area contributed by atoms with Crippen LogP contribution in [0, 0.1) is 11.8 Å². The van der Waals surface area contributed by atoms with Crippen LogP contribution in [0.2, 0.25) is 0 Å². The summed E-state index contributed by atoms with van der Waals surface area (Å²) in [4.78, 5) is 36.8. The molecule has 2 amide bonds. The summed E-state index contributed by atoms with van der Waals surface area (Å²) in [5.74, 6) is -1.57. The van der Waals surface area contributed by atoms with Crippen LogP contribution in [0.4, 0.5) is 10.5 Å². The molecule has 10 heteroatoms. The first-order valence-corrected chi connectivity index (χ1v) is 11.4. The van der Waals surface area contributed by atoms with Gasteiger partial charge in [-0.15, -0.1) is 5.10 Å². The maximum absolute atomic E-state index is 12.7. The summed E-state index contributed by atoms with van der Waals surface area (Å²) < 4.78 is 12.0. The molecule has 0 aliphatic carbocycles. The number of rotatable bonds is 10.